The molecule has 0 spiro atoms. The van der Waals surface area contributed by atoms with Crippen LogP contribution in [0, 0.1) is 5.92 Å². The smallest absolute Gasteiger partial charge is 0.328 e. The number of rotatable bonds is 6. The molecule has 0 bridgehead atoms. The Morgan fingerprint density at radius 2 is 2.05 bits per heavy atom. The molecule has 1 aromatic heterocycles. The van der Waals surface area contributed by atoms with Gasteiger partial charge in [0.15, 0.2) is 6.04 Å². The Morgan fingerprint density at radius 1 is 1.37 bits per heavy atom. The third-order valence-electron chi connectivity index (χ3n) is 2.59. The molecule has 0 aliphatic rings. The van der Waals surface area contributed by atoms with Crippen molar-refractivity contribution in [1.82, 2.24) is 10.6 Å². The molecule has 7 heteroatoms. The van der Waals surface area contributed by atoms with Crippen molar-refractivity contribution in [2.45, 2.75) is 25.9 Å². The van der Waals surface area contributed by atoms with Crippen LogP contribution in [0.15, 0.2) is 17.5 Å². The molecule has 0 aliphatic heterocycles. The lowest BCUT2D eigenvalue weighted by Crippen LogP contribution is -2.49. The van der Waals surface area contributed by atoms with Gasteiger partial charge in [-0.1, -0.05) is 19.9 Å². The SMILES string of the molecule is CC(C)C(NC(=O)NC(CO)C(=O)O)c1cccs1. The van der Waals surface area contributed by atoms with E-state index >= 15 is 0 Å². The molecule has 0 aromatic carbocycles. The van der Waals surface area contributed by atoms with E-state index in [2.05, 4.69) is 10.6 Å². The number of carbonyl (C=O) groups is 2. The Hall–Kier alpha value is -1.60. The first-order valence-electron chi connectivity index (χ1n) is 5.89. The summed E-state index contributed by atoms with van der Waals surface area (Å²) in [6, 6.07) is 1.72. The third-order valence-corrected chi connectivity index (χ3v) is 3.54. The van der Waals surface area contributed by atoms with Crippen molar-refractivity contribution < 1.29 is 19.8 Å². The number of aliphatic hydroxyl groups excluding tert-OH is 1. The fourth-order valence-corrected chi connectivity index (χ4v) is 2.51. The summed E-state index contributed by atoms with van der Waals surface area (Å²) < 4.78 is 0. The second-order valence-electron chi connectivity index (χ2n) is 4.43. The number of urea groups is 1. The van der Waals surface area contributed by atoms with E-state index in [1.807, 2.05) is 31.4 Å². The highest BCUT2D eigenvalue weighted by molar-refractivity contribution is 7.10. The Labute approximate surface area is 115 Å². The summed E-state index contributed by atoms with van der Waals surface area (Å²) in [4.78, 5) is 23.4. The Bertz CT molecular complexity index is 419. The van der Waals surface area contributed by atoms with Crippen molar-refractivity contribution in [2.24, 2.45) is 5.92 Å². The summed E-state index contributed by atoms with van der Waals surface area (Å²) in [6.45, 7) is 3.28. The van der Waals surface area contributed by atoms with Crippen LogP contribution in [0.3, 0.4) is 0 Å². The van der Waals surface area contributed by atoms with Crippen LogP contribution in [0.2, 0.25) is 0 Å². The standard InChI is InChI=1S/C12H18N2O4S/c1-7(2)10(9-4-3-5-19-9)14-12(18)13-8(6-15)11(16)17/h3-5,7-8,10,15H,6H2,1-2H3,(H,16,17)(H2,13,14,18). The summed E-state index contributed by atoms with van der Waals surface area (Å²) >= 11 is 1.52. The van der Waals surface area contributed by atoms with Crippen LogP contribution in [0.5, 0.6) is 0 Å². The second kappa shape index (κ2) is 7.10. The third kappa shape index (κ3) is 4.53. The van der Waals surface area contributed by atoms with E-state index in [0.717, 1.165) is 4.88 Å². The zero-order valence-electron chi connectivity index (χ0n) is 10.8. The van der Waals surface area contributed by atoms with Gasteiger partial charge in [-0.15, -0.1) is 11.3 Å². The number of carbonyl (C=O) groups excluding carboxylic acids is 1. The predicted octanol–water partition coefficient (Wildman–Crippen LogP) is 1.19. The van der Waals surface area contributed by atoms with Gasteiger partial charge in [0, 0.05) is 4.88 Å². The van der Waals surface area contributed by atoms with E-state index in [0.29, 0.717) is 0 Å². The molecule has 6 nitrogen and oxygen atoms in total. The van der Waals surface area contributed by atoms with Crippen molar-refractivity contribution in [3.63, 3.8) is 0 Å². The highest BCUT2D eigenvalue weighted by Crippen LogP contribution is 2.25. The minimum absolute atomic E-state index is 0.168. The van der Waals surface area contributed by atoms with Crippen molar-refractivity contribution in [2.75, 3.05) is 6.61 Å². The monoisotopic (exact) mass is 286 g/mol. The Kier molecular flexibility index (Phi) is 5.78. The highest BCUT2D eigenvalue weighted by atomic mass is 32.1. The molecular formula is C12H18N2O4S. The van der Waals surface area contributed by atoms with E-state index in [1.165, 1.54) is 11.3 Å². The maximum absolute atomic E-state index is 11.7. The van der Waals surface area contributed by atoms with Crippen molar-refractivity contribution >= 4 is 23.3 Å². The van der Waals surface area contributed by atoms with E-state index in [-0.39, 0.29) is 12.0 Å². The molecule has 1 rings (SSSR count). The normalized spacial score (nSPS) is 13.9. The first-order chi connectivity index (χ1) is 8.95. The first-order valence-corrected chi connectivity index (χ1v) is 6.77. The number of carboxylic acids is 1. The van der Waals surface area contributed by atoms with Gasteiger partial charge < -0.3 is 20.8 Å². The molecule has 0 radical (unpaired) electrons. The van der Waals surface area contributed by atoms with Crippen molar-refractivity contribution in [3.8, 4) is 0 Å². The number of hydrogen-bond acceptors (Lipinski definition) is 4. The molecule has 0 aliphatic carbocycles. The number of nitrogens with one attached hydrogen (secondary N) is 2. The van der Waals surface area contributed by atoms with Crippen molar-refractivity contribution in [1.29, 1.82) is 0 Å². The summed E-state index contributed by atoms with van der Waals surface area (Å²) in [7, 11) is 0. The Balaban J connectivity index is 2.65. The second-order valence-corrected chi connectivity index (χ2v) is 5.41. The zero-order chi connectivity index (χ0) is 14.4. The summed E-state index contributed by atoms with van der Waals surface area (Å²) in [6.07, 6.45) is 0. The average Bonchev–Trinajstić information content (AvgIpc) is 2.85. The summed E-state index contributed by atoms with van der Waals surface area (Å²) in [5.74, 6) is -1.10. The van der Waals surface area contributed by atoms with Gasteiger partial charge in [-0.05, 0) is 17.4 Å². The molecular weight excluding hydrogens is 268 g/mol. The number of aliphatic hydroxyl groups is 1. The van der Waals surface area contributed by atoms with Gasteiger partial charge in [0.2, 0.25) is 0 Å². The molecule has 2 atom stereocenters. The van der Waals surface area contributed by atoms with Gasteiger partial charge in [0.25, 0.3) is 0 Å². The molecule has 0 saturated heterocycles. The zero-order valence-corrected chi connectivity index (χ0v) is 11.6. The molecule has 0 saturated carbocycles. The van der Waals surface area contributed by atoms with Crippen molar-refractivity contribution in [3.05, 3.63) is 22.4 Å². The molecule has 1 aromatic rings. The number of hydrogen-bond donors (Lipinski definition) is 4. The van der Waals surface area contributed by atoms with E-state index in [9.17, 15) is 9.59 Å². The van der Waals surface area contributed by atoms with Gasteiger partial charge in [-0.2, -0.15) is 0 Å². The first kappa shape index (κ1) is 15.5. The lowest BCUT2D eigenvalue weighted by molar-refractivity contribution is -0.140. The van der Waals surface area contributed by atoms with Crippen LogP contribution < -0.4 is 10.6 Å². The van der Waals surface area contributed by atoms with Crippen LogP contribution in [0.1, 0.15) is 24.8 Å². The number of aliphatic carboxylic acids is 1. The van der Waals surface area contributed by atoms with Crippen LogP contribution in [-0.4, -0.2) is 34.9 Å². The molecule has 1 heterocycles. The van der Waals surface area contributed by atoms with Gasteiger partial charge >= 0.3 is 12.0 Å². The van der Waals surface area contributed by atoms with E-state index < -0.39 is 24.6 Å². The fraction of sp³-hybridized carbons (Fsp3) is 0.500. The fourth-order valence-electron chi connectivity index (χ4n) is 1.56. The quantitative estimate of drug-likeness (QED) is 0.631. The molecule has 2 amide bonds. The highest BCUT2D eigenvalue weighted by Gasteiger charge is 2.23. The largest absolute Gasteiger partial charge is 0.480 e. The average molecular weight is 286 g/mol. The van der Waals surface area contributed by atoms with Crippen LogP contribution >= 0.6 is 11.3 Å². The van der Waals surface area contributed by atoms with E-state index in [4.69, 9.17) is 10.2 Å². The van der Waals surface area contributed by atoms with Crippen LogP contribution in [0.25, 0.3) is 0 Å². The lowest BCUT2D eigenvalue weighted by Gasteiger charge is -2.22. The van der Waals surface area contributed by atoms with Gasteiger partial charge in [0.05, 0.1) is 12.6 Å². The maximum atomic E-state index is 11.7. The number of thiophene rings is 1. The van der Waals surface area contributed by atoms with Gasteiger partial charge in [-0.3, -0.25) is 0 Å². The number of amides is 2. The maximum Gasteiger partial charge on any atom is 0.328 e. The topological polar surface area (TPSA) is 98.7 Å². The molecule has 4 N–H and O–H groups in total. The van der Waals surface area contributed by atoms with Crippen LogP contribution in [0.4, 0.5) is 4.79 Å². The van der Waals surface area contributed by atoms with Gasteiger partial charge in [0.1, 0.15) is 0 Å². The Morgan fingerprint density at radius 3 is 2.47 bits per heavy atom. The summed E-state index contributed by atoms with van der Waals surface area (Å²) in [5, 5.41) is 24.5. The lowest BCUT2D eigenvalue weighted by atomic mass is 10.0. The molecule has 0 fully saturated rings. The van der Waals surface area contributed by atoms with Gasteiger partial charge in [-0.25, -0.2) is 9.59 Å². The van der Waals surface area contributed by atoms with E-state index in [1.54, 1.807) is 0 Å². The molecule has 2 unspecified atom stereocenters. The number of carboxylic acid groups (broad SMARTS) is 1. The predicted molar refractivity (Wildman–Crippen MR) is 72.1 cm³/mol. The van der Waals surface area contributed by atoms with Crippen LogP contribution in [-0.2, 0) is 4.79 Å². The molecule has 106 valence electrons. The summed E-state index contributed by atoms with van der Waals surface area (Å²) in [5.41, 5.74) is 0. The minimum atomic E-state index is -1.30. The molecule has 19 heavy (non-hydrogen) atoms. The minimum Gasteiger partial charge on any atom is -0.480 e.